The number of piperidine rings is 1. The van der Waals surface area contributed by atoms with Gasteiger partial charge in [0.15, 0.2) is 9.84 Å². The van der Waals surface area contributed by atoms with Crippen LogP contribution in [0.1, 0.15) is 26.2 Å². The molecule has 0 radical (unpaired) electrons. The fourth-order valence-electron chi connectivity index (χ4n) is 2.20. The number of hydrogen-bond donors (Lipinski definition) is 1. The highest BCUT2D eigenvalue weighted by Gasteiger charge is 2.25. The van der Waals surface area contributed by atoms with Crippen molar-refractivity contribution in [1.29, 1.82) is 0 Å². The Balaban J connectivity index is 2.36. The van der Waals surface area contributed by atoms with Crippen molar-refractivity contribution in [3.05, 3.63) is 0 Å². The number of amides is 1. The maximum Gasteiger partial charge on any atom is 0.237 e. The van der Waals surface area contributed by atoms with Gasteiger partial charge < -0.3 is 10.2 Å². The molecule has 1 fully saturated rings. The molecule has 0 spiro atoms. The summed E-state index contributed by atoms with van der Waals surface area (Å²) in [6, 6.07) is 0. The van der Waals surface area contributed by atoms with Crippen molar-refractivity contribution < 1.29 is 13.2 Å². The molecule has 0 aliphatic carbocycles. The molecule has 1 rings (SSSR count). The van der Waals surface area contributed by atoms with Crippen molar-refractivity contribution in [3.63, 3.8) is 0 Å². The highest BCUT2D eigenvalue weighted by atomic mass is 32.2. The molecule has 1 heterocycles. The van der Waals surface area contributed by atoms with Crippen molar-refractivity contribution in [1.82, 2.24) is 10.2 Å². The smallest absolute Gasteiger partial charge is 0.237 e. The first-order valence-electron chi connectivity index (χ1n) is 6.61. The van der Waals surface area contributed by atoms with Gasteiger partial charge in [0.05, 0.1) is 0 Å². The summed E-state index contributed by atoms with van der Waals surface area (Å²) >= 11 is 0. The fraction of sp³-hybridized carbons (Fsp3) is 0.917. The molecule has 0 bridgehead atoms. The lowest BCUT2D eigenvalue weighted by molar-refractivity contribution is -0.129. The van der Waals surface area contributed by atoms with Gasteiger partial charge in [-0.3, -0.25) is 4.79 Å². The van der Waals surface area contributed by atoms with E-state index in [4.69, 9.17) is 0 Å². The lowest BCUT2D eigenvalue weighted by Gasteiger charge is -2.32. The summed E-state index contributed by atoms with van der Waals surface area (Å²) in [4.78, 5) is 13.5. The van der Waals surface area contributed by atoms with Crippen LogP contribution in [0.2, 0.25) is 0 Å². The minimum atomic E-state index is -3.20. The van der Waals surface area contributed by atoms with Gasteiger partial charge in [-0.2, -0.15) is 0 Å². The SMILES string of the molecule is CCS(=O)(=O)CC(=O)N1CCC(CCNC)CC1. The summed E-state index contributed by atoms with van der Waals surface area (Å²) < 4.78 is 22.8. The van der Waals surface area contributed by atoms with Crippen LogP contribution in [0.4, 0.5) is 0 Å². The molecule has 5 nitrogen and oxygen atoms in total. The molecule has 18 heavy (non-hydrogen) atoms. The van der Waals surface area contributed by atoms with Crippen LogP contribution in [0, 0.1) is 5.92 Å². The van der Waals surface area contributed by atoms with Crippen LogP contribution in [0.3, 0.4) is 0 Å². The Morgan fingerprint density at radius 2 is 1.94 bits per heavy atom. The maximum atomic E-state index is 11.8. The Morgan fingerprint density at radius 1 is 1.33 bits per heavy atom. The number of likely N-dealkylation sites (tertiary alicyclic amines) is 1. The zero-order valence-electron chi connectivity index (χ0n) is 11.3. The lowest BCUT2D eigenvalue weighted by atomic mass is 9.93. The summed E-state index contributed by atoms with van der Waals surface area (Å²) in [5.74, 6) is 0.135. The van der Waals surface area contributed by atoms with E-state index in [1.165, 1.54) is 0 Å². The van der Waals surface area contributed by atoms with Gasteiger partial charge in [0.2, 0.25) is 5.91 Å². The molecule has 0 aromatic heterocycles. The van der Waals surface area contributed by atoms with Gasteiger partial charge in [0, 0.05) is 18.8 Å². The first kappa shape index (κ1) is 15.4. The van der Waals surface area contributed by atoms with E-state index in [0.29, 0.717) is 19.0 Å². The van der Waals surface area contributed by atoms with E-state index in [1.54, 1.807) is 11.8 Å². The van der Waals surface area contributed by atoms with Crippen LogP contribution >= 0.6 is 0 Å². The van der Waals surface area contributed by atoms with Crippen molar-refractivity contribution in [2.75, 3.05) is 38.2 Å². The Bertz CT molecular complexity index is 360. The van der Waals surface area contributed by atoms with Crippen LogP contribution in [-0.2, 0) is 14.6 Å². The van der Waals surface area contributed by atoms with Crippen LogP contribution in [-0.4, -0.2) is 57.4 Å². The third kappa shape index (κ3) is 4.94. The summed E-state index contributed by atoms with van der Waals surface area (Å²) in [7, 11) is -1.26. The van der Waals surface area contributed by atoms with E-state index in [-0.39, 0.29) is 17.4 Å². The number of sulfone groups is 1. The minimum Gasteiger partial charge on any atom is -0.342 e. The fourth-order valence-corrected chi connectivity index (χ4v) is 2.96. The molecule has 1 N–H and O–H groups in total. The first-order chi connectivity index (χ1) is 8.48. The predicted octanol–water partition coefficient (Wildman–Crippen LogP) is 0.269. The van der Waals surface area contributed by atoms with Gasteiger partial charge >= 0.3 is 0 Å². The second-order valence-electron chi connectivity index (χ2n) is 4.89. The third-order valence-corrected chi connectivity index (χ3v) is 5.12. The third-order valence-electron chi connectivity index (χ3n) is 3.55. The molecule has 1 saturated heterocycles. The Morgan fingerprint density at radius 3 is 2.44 bits per heavy atom. The van der Waals surface area contributed by atoms with Gasteiger partial charge in [0.1, 0.15) is 5.75 Å². The molecule has 0 unspecified atom stereocenters. The number of hydrogen-bond acceptors (Lipinski definition) is 4. The molecule has 6 heteroatoms. The Labute approximate surface area is 110 Å². The maximum absolute atomic E-state index is 11.8. The molecule has 1 aliphatic heterocycles. The number of carbonyl (C=O) groups is 1. The number of carbonyl (C=O) groups excluding carboxylic acids is 1. The first-order valence-corrected chi connectivity index (χ1v) is 8.43. The largest absolute Gasteiger partial charge is 0.342 e. The van der Waals surface area contributed by atoms with E-state index >= 15 is 0 Å². The van der Waals surface area contributed by atoms with E-state index in [2.05, 4.69) is 5.32 Å². The summed E-state index contributed by atoms with van der Waals surface area (Å²) in [6.45, 7) is 3.98. The summed E-state index contributed by atoms with van der Waals surface area (Å²) in [5.41, 5.74) is 0. The molecule has 0 saturated carbocycles. The summed E-state index contributed by atoms with van der Waals surface area (Å²) in [5, 5.41) is 3.13. The van der Waals surface area contributed by atoms with Crippen molar-refractivity contribution in [2.24, 2.45) is 5.92 Å². The summed E-state index contributed by atoms with van der Waals surface area (Å²) in [6.07, 6.45) is 3.10. The quantitative estimate of drug-likeness (QED) is 0.756. The van der Waals surface area contributed by atoms with Gasteiger partial charge in [-0.1, -0.05) is 6.92 Å². The zero-order chi connectivity index (χ0) is 13.6. The standard InChI is InChI=1S/C12H24N2O3S/c1-3-18(16,17)10-12(15)14-8-5-11(6-9-14)4-7-13-2/h11,13H,3-10H2,1-2H3. The van der Waals surface area contributed by atoms with E-state index in [1.807, 2.05) is 7.05 Å². The Kier molecular flexibility index (Phi) is 6.08. The van der Waals surface area contributed by atoms with Gasteiger partial charge in [-0.05, 0) is 38.8 Å². The van der Waals surface area contributed by atoms with E-state index in [9.17, 15) is 13.2 Å². The van der Waals surface area contributed by atoms with Gasteiger partial charge in [-0.15, -0.1) is 0 Å². The van der Waals surface area contributed by atoms with Crippen molar-refractivity contribution >= 4 is 15.7 Å². The molecule has 1 aliphatic rings. The average Bonchev–Trinajstić information content (AvgIpc) is 2.36. The molecule has 0 aromatic carbocycles. The predicted molar refractivity (Wildman–Crippen MR) is 72.2 cm³/mol. The normalized spacial score (nSPS) is 18.0. The van der Waals surface area contributed by atoms with Gasteiger partial charge in [0.25, 0.3) is 0 Å². The molecule has 0 aromatic rings. The monoisotopic (exact) mass is 276 g/mol. The highest BCUT2D eigenvalue weighted by molar-refractivity contribution is 7.92. The van der Waals surface area contributed by atoms with Crippen molar-refractivity contribution in [2.45, 2.75) is 26.2 Å². The second-order valence-corrected chi connectivity index (χ2v) is 7.25. The van der Waals surface area contributed by atoms with Crippen LogP contribution in [0.15, 0.2) is 0 Å². The van der Waals surface area contributed by atoms with Crippen LogP contribution < -0.4 is 5.32 Å². The minimum absolute atomic E-state index is 0.0391. The zero-order valence-corrected chi connectivity index (χ0v) is 12.1. The number of nitrogens with zero attached hydrogens (tertiary/aromatic N) is 1. The lowest BCUT2D eigenvalue weighted by Crippen LogP contribution is -2.42. The molecule has 1 amide bonds. The average molecular weight is 276 g/mol. The number of nitrogens with one attached hydrogen (secondary N) is 1. The van der Waals surface area contributed by atoms with Crippen molar-refractivity contribution in [3.8, 4) is 0 Å². The van der Waals surface area contributed by atoms with Crippen LogP contribution in [0.5, 0.6) is 0 Å². The Hall–Kier alpha value is -0.620. The highest BCUT2D eigenvalue weighted by Crippen LogP contribution is 2.20. The van der Waals surface area contributed by atoms with Gasteiger partial charge in [-0.25, -0.2) is 8.42 Å². The second kappa shape index (κ2) is 7.09. The van der Waals surface area contributed by atoms with Crippen LogP contribution in [0.25, 0.3) is 0 Å². The molecular weight excluding hydrogens is 252 g/mol. The topological polar surface area (TPSA) is 66.5 Å². The molecular formula is C12H24N2O3S. The van der Waals surface area contributed by atoms with E-state index in [0.717, 1.165) is 25.8 Å². The number of rotatable bonds is 6. The molecule has 0 atom stereocenters. The van der Waals surface area contributed by atoms with E-state index < -0.39 is 9.84 Å². The molecule has 106 valence electrons.